The number of amides is 1. The molecule has 1 aliphatic heterocycles. The Morgan fingerprint density at radius 3 is 2.56 bits per heavy atom. The first-order valence-electron chi connectivity index (χ1n) is 9.03. The summed E-state index contributed by atoms with van der Waals surface area (Å²) >= 11 is 0. The highest BCUT2D eigenvalue weighted by molar-refractivity contribution is 6.10. The number of carbonyl (C=O) groups is 1. The number of anilines is 2. The molecule has 0 aromatic heterocycles. The fraction of sp³-hybridized carbons (Fsp3) is 0.273. The van der Waals surface area contributed by atoms with E-state index in [2.05, 4.69) is 5.32 Å². The zero-order valence-corrected chi connectivity index (χ0v) is 15.6. The first-order chi connectivity index (χ1) is 13.0. The summed E-state index contributed by atoms with van der Waals surface area (Å²) in [7, 11) is 0. The van der Waals surface area contributed by atoms with Crippen LogP contribution >= 0.6 is 0 Å². The van der Waals surface area contributed by atoms with Gasteiger partial charge in [-0.1, -0.05) is 18.2 Å². The van der Waals surface area contributed by atoms with Gasteiger partial charge < -0.3 is 10.2 Å². The Labute approximate surface area is 158 Å². The van der Waals surface area contributed by atoms with Gasteiger partial charge in [0.05, 0.1) is 5.69 Å². The Kier molecular flexibility index (Phi) is 5.56. The van der Waals surface area contributed by atoms with E-state index in [1.54, 1.807) is 12.1 Å². The minimum Gasteiger partial charge on any atom is -0.369 e. The quantitative estimate of drug-likeness (QED) is 0.638. The molecule has 1 heterocycles. The lowest BCUT2D eigenvalue weighted by Crippen LogP contribution is -2.19. The molecule has 1 fully saturated rings. The molecule has 27 heavy (non-hydrogen) atoms. The smallest absolute Gasteiger partial charge is 0.266 e. The molecule has 138 valence electrons. The SMILES string of the molecule is Cc1cc(N2CCCC2)c(F)cc1C=C(C#N)C(=O)Nc1ccccc1C. The maximum Gasteiger partial charge on any atom is 0.266 e. The Hall–Kier alpha value is -3.13. The Morgan fingerprint density at radius 1 is 1.19 bits per heavy atom. The number of hydrogen-bond acceptors (Lipinski definition) is 3. The number of nitrogens with one attached hydrogen (secondary N) is 1. The number of nitrogens with zero attached hydrogens (tertiary/aromatic N) is 2. The second-order valence-electron chi connectivity index (χ2n) is 6.79. The molecular formula is C22H22FN3O. The van der Waals surface area contributed by atoms with Gasteiger partial charge in [0.1, 0.15) is 17.5 Å². The number of carbonyl (C=O) groups excluding carboxylic acids is 1. The average Bonchev–Trinajstić information content (AvgIpc) is 3.18. The van der Waals surface area contributed by atoms with E-state index in [0.717, 1.165) is 37.1 Å². The van der Waals surface area contributed by atoms with Gasteiger partial charge in [0.15, 0.2) is 0 Å². The van der Waals surface area contributed by atoms with Crippen LogP contribution in [-0.4, -0.2) is 19.0 Å². The van der Waals surface area contributed by atoms with E-state index < -0.39 is 5.91 Å². The van der Waals surface area contributed by atoms with Crippen molar-refractivity contribution in [2.45, 2.75) is 26.7 Å². The third-order valence-corrected chi connectivity index (χ3v) is 4.84. The zero-order valence-electron chi connectivity index (χ0n) is 15.6. The van der Waals surface area contributed by atoms with Crippen LogP contribution in [0.15, 0.2) is 42.0 Å². The number of benzene rings is 2. The number of para-hydroxylation sites is 1. The van der Waals surface area contributed by atoms with Crippen LogP contribution in [0.5, 0.6) is 0 Å². The van der Waals surface area contributed by atoms with Gasteiger partial charge >= 0.3 is 0 Å². The molecule has 0 atom stereocenters. The zero-order chi connectivity index (χ0) is 19.4. The van der Waals surface area contributed by atoms with Crippen LogP contribution in [-0.2, 0) is 4.79 Å². The van der Waals surface area contributed by atoms with Gasteiger partial charge in [-0.05, 0) is 67.7 Å². The molecule has 0 spiro atoms. The summed E-state index contributed by atoms with van der Waals surface area (Å²) in [6, 6.07) is 12.5. The maximum atomic E-state index is 14.6. The van der Waals surface area contributed by atoms with E-state index in [0.29, 0.717) is 16.9 Å². The number of hydrogen-bond donors (Lipinski definition) is 1. The number of halogens is 1. The van der Waals surface area contributed by atoms with Crippen molar-refractivity contribution in [2.24, 2.45) is 0 Å². The molecule has 2 aromatic rings. The molecule has 2 aromatic carbocycles. The van der Waals surface area contributed by atoms with Crippen molar-refractivity contribution in [3.63, 3.8) is 0 Å². The second-order valence-corrected chi connectivity index (χ2v) is 6.79. The highest BCUT2D eigenvalue weighted by atomic mass is 19.1. The molecule has 3 rings (SSSR count). The molecule has 0 aliphatic carbocycles. The highest BCUT2D eigenvalue weighted by Crippen LogP contribution is 2.28. The molecule has 0 radical (unpaired) electrons. The fourth-order valence-electron chi connectivity index (χ4n) is 3.24. The minimum atomic E-state index is -0.504. The van der Waals surface area contributed by atoms with Gasteiger partial charge in [0.2, 0.25) is 0 Å². The summed E-state index contributed by atoms with van der Waals surface area (Å²) in [6.07, 6.45) is 3.58. The molecule has 0 unspecified atom stereocenters. The highest BCUT2D eigenvalue weighted by Gasteiger charge is 2.18. The normalized spacial score (nSPS) is 14.1. The van der Waals surface area contributed by atoms with Crippen molar-refractivity contribution in [1.29, 1.82) is 5.26 Å². The number of nitriles is 1. The summed E-state index contributed by atoms with van der Waals surface area (Å²) < 4.78 is 14.6. The lowest BCUT2D eigenvalue weighted by atomic mass is 10.0. The van der Waals surface area contributed by atoms with Crippen LogP contribution < -0.4 is 10.2 Å². The van der Waals surface area contributed by atoms with Crippen molar-refractivity contribution in [3.8, 4) is 6.07 Å². The summed E-state index contributed by atoms with van der Waals surface area (Å²) in [5.74, 6) is -0.833. The molecule has 0 saturated carbocycles. The molecule has 1 N–H and O–H groups in total. The number of aryl methyl sites for hydroxylation is 2. The third kappa shape index (κ3) is 4.17. The van der Waals surface area contributed by atoms with Crippen LogP contribution in [0, 0.1) is 31.0 Å². The first-order valence-corrected chi connectivity index (χ1v) is 9.03. The molecule has 1 saturated heterocycles. The van der Waals surface area contributed by atoms with Crippen LogP contribution in [0.1, 0.15) is 29.5 Å². The molecular weight excluding hydrogens is 341 g/mol. The average molecular weight is 363 g/mol. The fourth-order valence-corrected chi connectivity index (χ4v) is 3.24. The van der Waals surface area contributed by atoms with Gasteiger partial charge in [0.25, 0.3) is 5.91 Å². The lowest BCUT2D eigenvalue weighted by Gasteiger charge is -2.19. The van der Waals surface area contributed by atoms with Gasteiger partial charge in [-0.25, -0.2) is 4.39 Å². The van der Waals surface area contributed by atoms with E-state index in [4.69, 9.17) is 0 Å². The van der Waals surface area contributed by atoms with Crippen molar-refractivity contribution in [2.75, 3.05) is 23.3 Å². The lowest BCUT2D eigenvalue weighted by molar-refractivity contribution is -0.112. The molecule has 5 heteroatoms. The number of rotatable bonds is 4. The molecule has 1 amide bonds. The van der Waals surface area contributed by atoms with Crippen molar-refractivity contribution < 1.29 is 9.18 Å². The van der Waals surface area contributed by atoms with Crippen LogP contribution in [0.25, 0.3) is 6.08 Å². The molecule has 1 aliphatic rings. The summed E-state index contributed by atoms with van der Waals surface area (Å²) in [6.45, 7) is 5.45. The predicted molar refractivity (Wildman–Crippen MR) is 106 cm³/mol. The van der Waals surface area contributed by atoms with Gasteiger partial charge in [0, 0.05) is 18.8 Å². The Bertz CT molecular complexity index is 937. The van der Waals surface area contributed by atoms with E-state index in [1.807, 2.05) is 43.0 Å². The van der Waals surface area contributed by atoms with Crippen molar-refractivity contribution >= 4 is 23.4 Å². The molecule has 0 bridgehead atoms. The third-order valence-electron chi connectivity index (χ3n) is 4.84. The second kappa shape index (κ2) is 8.05. The summed E-state index contributed by atoms with van der Waals surface area (Å²) in [5, 5.41) is 12.2. The predicted octanol–water partition coefficient (Wildman–Crippen LogP) is 4.59. The monoisotopic (exact) mass is 363 g/mol. The van der Waals surface area contributed by atoms with E-state index in [1.165, 1.54) is 12.1 Å². The van der Waals surface area contributed by atoms with Crippen molar-refractivity contribution in [1.82, 2.24) is 0 Å². The van der Waals surface area contributed by atoms with Crippen LogP contribution in [0.2, 0.25) is 0 Å². The Morgan fingerprint density at radius 2 is 1.89 bits per heavy atom. The van der Waals surface area contributed by atoms with Gasteiger partial charge in [-0.15, -0.1) is 0 Å². The van der Waals surface area contributed by atoms with Crippen LogP contribution in [0.4, 0.5) is 15.8 Å². The summed E-state index contributed by atoms with van der Waals surface area (Å²) in [4.78, 5) is 14.5. The largest absolute Gasteiger partial charge is 0.369 e. The minimum absolute atomic E-state index is 0.0605. The summed E-state index contributed by atoms with van der Waals surface area (Å²) in [5.41, 5.74) is 3.44. The van der Waals surface area contributed by atoms with E-state index >= 15 is 0 Å². The van der Waals surface area contributed by atoms with Gasteiger partial charge in [-0.2, -0.15) is 5.26 Å². The molecule has 4 nitrogen and oxygen atoms in total. The standard InChI is InChI=1S/C22H22FN3O/c1-15-7-3-4-8-20(15)25-22(27)18(14-24)12-17-13-19(23)21(11-16(17)2)26-9-5-6-10-26/h3-4,7-8,11-13H,5-6,9-10H2,1-2H3,(H,25,27). The van der Waals surface area contributed by atoms with Gasteiger partial charge in [-0.3, -0.25) is 4.79 Å². The van der Waals surface area contributed by atoms with Crippen molar-refractivity contribution in [3.05, 3.63) is 64.5 Å². The topological polar surface area (TPSA) is 56.1 Å². The first kappa shape index (κ1) is 18.7. The van der Waals surface area contributed by atoms with E-state index in [-0.39, 0.29) is 11.4 Å². The van der Waals surface area contributed by atoms with E-state index in [9.17, 15) is 14.4 Å². The Balaban J connectivity index is 1.87. The van der Waals surface area contributed by atoms with Crippen LogP contribution in [0.3, 0.4) is 0 Å². The maximum absolute atomic E-state index is 14.6.